The fourth-order valence-electron chi connectivity index (χ4n) is 1.81. The van der Waals surface area contributed by atoms with Crippen molar-refractivity contribution in [2.75, 3.05) is 11.9 Å². The summed E-state index contributed by atoms with van der Waals surface area (Å²) < 4.78 is 0. The van der Waals surface area contributed by atoms with Gasteiger partial charge in [0.1, 0.15) is 5.82 Å². The maximum Gasteiger partial charge on any atom is 0.171 e. The molecule has 0 aliphatic carbocycles. The fraction of sp³-hybridized carbons (Fsp3) is 0.143. The van der Waals surface area contributed by atoms with Gasteiger partial charge in [0.25, 0.3) is 0 Å². The first-order valence-electron chi connectivity index (χ1n) is 5.99. The number of hydrogen-bond acceptors (Lipinski definition) is 4. The molecule has 0 spiro atoms. The average molecular weight is 291 g/mol. The number of nitrogens with two attached hydrogens (primary N) is 1. The molecular weight excluding hydrogens is 276 g/mol. The van der Waals surface area contributed by atoms with Gasteiger partial charge in [-0.25, -0.2) is 4.98 Å². The van der Waals surface area contributed by atoms with Crippen LogP contribution >= 0.6 is 11.6 Å². The summed E-state index contributed by atoms with van der Waals surface area (Å²) in [7, 11) is 1.94. The molecule has 104 valence electrons. The van der Waals surface area contributed by atoms with Crippen LogP contribution in [0.1, 0.15) is 11.1 Å². The van der Waals surface area contributed by atoms with Crippen LogP contribution in [0.4, 0.5) is 5.82 Å². The van der Waals surface area contributed by atoms with Crippen molar-refractivity contribution in [1.82, 2.24) is 4.98 Å². The van der Waals surface area contributed by atoms with Gasteiger partial charge in [-0.3, -0.25) is 0 Å². The van der Waals surface area contributed by atoms with Crippen LogP contribution in [0.5, 0.6) is 0 Å². The second kappa shape index (κ2) is 6.25. The van der Waals surface area contributed by atoms with E-state index in [2.05, 4.69) is 10.1 Å². The Hall–Kier alpha value is -2.27. The maximum absolute atomic E-state index is 8.60. The molecule has 3 N–H and O–H groups in total. The molecule has 1 aromatic carbocycles. The largest absolute Gasteiger partial charge is 0.409 e. The molecule has 0 saturated heterocycles. The third-order valence-electron chi connectivity index (χ3n) is 2.85. The van der Waals surface area contributed by atoms with Gasteiger partial charge in [-0.15, -0.1) is 0 Å². The molecule has 1 aromatic heterocycles. The van der Waals surface area contributed by atoms with Gasteiger partial charge in [0.05, 0.1) is 0 Å². The number of aromatic nitrogens is 1. The summed E-state index contributed by atoms with van der Waals surface area (Å²) in [6.07, 6.45) is 1.57. The summed E-state index contributed by atoms with van der Waals surface area (Å²) in [5.41, 5.74) is 7.17. The highest BCUT2D eigenvalue weighted by Crippen LogP contribution is 2.16. The number of anilines is 1. The molecule has 1 heterocycles. The van der Waals surface area contributed by atoms with E-state index >= 15 is 0 Å². The Labute approximate surface area is 122 Å². The molecule has 6 heteroatoms. The Morgan fingerprint density at radius 2 is 2.20 bits per heavy atom. The lowest BCUT2D eigenvalue weighted by Crippen LogP contribution is -2.19. The van der Waals surface area contributed by atoms with E-state index in [0.717, 1.165) is 11.4 Å². The second-order valence-corrected chi connectivity index (χ2v) is 4.81. The Morgan fingerprint density at radius 1 is 1.40 bits per heavy atom. The molecule has 0 aliphatic rings. The van der Waals surface area contributed by atoms with Crippen LogP contribution in [0.15, 0.2) is 47.8 Å². The number of hydrogen-bond donors (Lipinski definition) is 2. The number of nitrogens with zero attached hydrogens (tertiary/aromatic N) is 3. The van der Waals surface area contributed by atoms with Gasteiger partial charge in [-0.2, -0.15) is 0 Å². The Morgan fingerprint density at radius 3 is 2.80 bits per heavy atom. The molecule has 0 atom stereocenters. The predicted octanol–water partition coefficient (Wildman–Crippen LogP) is 2.47. The minimum Gasteiger partial charge on any atom is -0.409 e. The second-order valence-electron chi connectivity index (χ2n) is 4.38. The smallest absolute Gasteiger partial charge is 0.171 e. The zero-order chi connectivity index (χ0) is 14.5. The number of oxime groups is 1. The zero-order valence-electron chi connectivity index (χ0n) is 11.0. The predicted molar refractivity (Wildman–Crippen MR) is 80.3 cm³/mol. The topological polar surface area (TPSA) is 74.7 Å². The molecule has 0 amide bonds. The first-order valence-corrected chi connectivity index (χ1v) is 6.37. The number of amidine groups is 1. The van der Waals surface area contributed by atoms with E-state index in [1.54, 1.807) is 12.3 Å². The van der Waals surface area contributed by atoms with Gasteiger partial charge < -0.3 is 15.8 Å². The highest BCUT2D eigenvalue weighted by atomic mass is 35.5. The lowest BCUT2D eigenvalue weighted by Gasteiger charge is -2.18. The molecule has 0 aliphatic heterocycles. The molecule has 5 nitrogen and oxygen atoms in total. The first kappa shape index (κ1) is 14.1. The van der Waals surface area contributed by atoms with Crippen molar-refractivity contribution >= 4 is 23.3 Å². The van der Waals surface area contributed by atoms with Gasteiger partial charge in [0.15, 0.2) is 5.84 Å². The van der Waals surface area contributed by atoms with Crippen LogP contribution in [0.3, 0.4) is 0 Å². The van der Waals surface area contributed by atoms with Crippen molar-refractivity contribution in [1.29, 1.82) is 0 Å². The molecule has 0 unspecified atom stereocenters. The van der Waals surface area contributed by atoms with Gasteiger partial charge in [0, 0.05) is 30.4 Å². The monoisotopic (exact) mass is 290 g/mol. The van der Waals surface area contributed by atoms with Crippen LogP contribution < -0.4 is 10.6 Å². The van der Waals surface area contributed by atoms with E-state index in [4.69, 9.17) is 22.5 Å². The summed E-state index contributed by atoms with van der Waals surface area (Å²) in [6, 6.07) is 11.3. The molecule has 0 radical (unpaired) electrons. The van der Waals surface area contributed by atoms with Crippen molar-refractivity contribution in [2.24, 2.45) is 10.9 Å². The minimum absolute atomic E-state index is 0.0431. The van der Waals surface area contributed by atoms with Crippen LogP contribution in [-0.2, 0) is 6.54 Å². The van der Waals surface area contributed by atoms with Crippen LogP contribution in [0.2, 0.25) is 5.02 Å². The number of pyridine rings is 1. The van der Waals surface area contributed by atoms with Crippen molar-refractivity contribution in [2.45, 2.75) is 6.54 Å². The third kappa shape index (κ3) is 3.39. The highest BCUT2D eigenvalue weighted by Gasteiger charge is 2.05. The van der Waals surface area contributed by atoms with E-state index in [1.807, 2.05) is 42.3 Å². The van der Waals surface area contributed by atoms with Crippen molar-refractivity contribution in [3.8, 4) is 0 Å². The van der Waals surface area contributed by atoms with Crippen molar-refractivity contribution in [3.63, 3.8) is 0 Å². The third-order valence-corrected chi connectivity index (χ3v) is 3.09. The number of rotatable bonds is 4. The minimum atomic E-state index is 0.0431. The molecule has 2 aromatic rings. The van der Waals surface area contributed by atoms with Crippen molar-refractivity contribution < 1.29 is 5.21 Å². The summed E-state index contributed by atoms with van der Waals surface area (Å²) in [6.45, 7) is 0.691. The van der Waals surface area contributed by atoms with Crippen LogP contribution in [-0.4, -0.2) is 23.1 Å². The van der Waals surface area contributed by atoms with Gasteiger partial charge >= 0.3 is 0 Å². The molecular formula is C14H15ClN4O. The number of benzene rings is 1. The van der Waals surface area contributed by atoms with Crippen LogP contribution in [0, 0.1) is 0 Å². The molecule has 20 heavy (non-hydrogen) atoms. The summed E-state index contributed by atoms with van der Waals surface area (Å²) >= 11 is 5.96. The number of halogens is 1. The zero-order valence-corrected chi connectivity index (χ0v) is 11.7. The van der Waals surface area contributed by atoms with E-state index < -0.39 is 0 Å². The fourth-order valence-corrected chi connectivity index (χ4v) is 2.02. The van der Waals surface area contributed by atoms with E-state index in [1.165, 1.54) is 0 Å². The molecule has 0 fully saturated rings. The van der Waals surface area contributed by atoms with E-state index in [0.29, 0.717) is 17.1 Å². The van der Waals surface area contributed by atoms with Crippen molar-refractivity contribution in [3.05, 3.63) is 58.7 Å². The molecule has 0 saturated carbocycles. The highest BCUT2D eigenvalue weighted by molar-refractivity contribution is 6.30. The Kier molecular flexibility index (Phi) is 4.42. The maximum atomic E-state index is 8.60. The van der Waals surface area contributed by atoms with Crippen LogP contribution in [0.25, 0.3) is 0 Å². The Bertz CT molecular complexity index is 613. The van der Waals surface area contributed by atoms with Gasteiger partial charge in [-0.1, -0.05) is 28.9 Å². The summed E-state index contributed by atoms with van der Waals surface area (Å²) in [5, 5.41) is 12.3. The molecule has 0 bridgehead atoms. The normalized spacial score (nSPS) is 11.4. The quantitative estimate of drug-likeness (QED) is 0.393. The SMILES string of the molecule is CN(Cc1cccc(Cl)c1)c1ccc(C(N)=NO)cn1. The van der Waals surface area contributed by atoms with E-state index in [9.17, 15) is 0 Å². The Balaban J connectivity index is 2.11. The van der Waals surface area contributed by atoms with Gasteiger partial charge in [0.2, 0.25) is 0 Å². The summed E-state index contributed by atoms with van der Waals surface area (Å²) in [5.74, 6) is 0.834. The van der Waals surface area contributed by atoms with Gasteiger partial charge in [-0.05, 0) is 29.8 Å². The summed E-state index contributed by atoms with van der Waals surface area (Å²) in [4.78, 5) is 6.28. The lowest BCUT2D eigenvalue weighted by atomic mass is 10.2. The first-order chi connectivity index (χ1) is 9.60. The molecule has 2 rings (SSSR count). The van der Waals surface area contributed by atoms with E-state index in [-0.39, 0.29) is 5.84 Å². The standard InChI is InChI=1S/C14H15ClN4O/c1-19(9-10-3-2-4-12(15)7-10)13-6-5-11(8-17-13)14(16)18-20/h2-8,20H,9H2,1H3,(H2,16,18). The lowest BCUT2D eigenvalue weighted by molar-refractivity contribution is 0.318. The average Bonchev–Trinajstić information content (AvgIpc) is 2.46.